The average Bonchev–Trinajstić information content (AvgIpc) is 2.74. The van der Waals surface area contributed by atoms with Crippen LogP contribution >= 0.6 is 15.9 Å². The molecule has 0 fully saturated rings. The first kappa shape index (κ1) is 12.5. The summed E-state index contributed by atoms with van der Waals surface area (Å²) < 4.78 is 2.30. The van der Waals surface area contributed by atoms with Crippen LogP contribution in [-0.2, 0) is 7.05 Å². The molecule has 2 aromatic heterocycles. The van der Waals surface area contributed by atoms with Crippen LogP contribution in [0.2, 0.25) is 0 Å². The number of aryl methyl sites for hydroxylation is 1. The third kappa shape index (κ3) is 3.28. The standard InChI is InChI=1S/C10H11BrN6O/c1-17-6-7(5-12-17)13-10(16-18)15-9-4-2-3-8(11)14-9/h2-6,18H,1H3,(H2,13,14,15,16). The Kier molecular flexibility index (Phi) is 3.90. The average molecular weight is 311 g/mol. The number of hydrogen-bond donors (Lipinski definition) is 3. The number of anilines is 1. The third-order valence-electron chi connectivity index (χ3n) is 2.00. The molecule has 7 nitrogen and oxygen atoms in total. The summed E-state index contributed by atoms with van der Waals surface area (Å²) in [4.78, 5) is 8.23. The predicted molar refractivity (Wildman–Crippen MR) is 70.8 cm³/mol. The molecule has 0 aliphatic heterocycles. The molecule has 18 heavy (non-hydrogen) atoms. The smallest absolute Gasteiger partial charge is 0.226 e. The van der Waals surface area contributed by atoms with E-state index in [-0.39, 0.29) is 5.96 Å². The van der Waals surface area contributed by atoms with Crippen molar-refractivity contribution in [1.82, 2.24) is 20.2 Å². The molecule has 94 valence electrons. The number of pyridine rings is 1. The summed E-state index contributed by atoms with van der Waals surface area (Å²) in [7, 11) is 1.80. The molecule has 0 amide bonds. The van der Waals surface area contributed by atoms with E-state index in [1.165, 1.54) is 0 Å². The maximum absolute atomic E-state index is 9.01. The van der Waals surface area contributed by atoms with Gasteiger partial charge in [0.05, 0.1) is 11.9 Å². The first-order chi connectivity index (χ1) is 8.67. The van der Waals surface area contributed by atoms with Gasteiger partial charge in [0.25, 0.3) is 0 Å². The molecule has 0 saturated carbocycles. The van der Waals surface area contributed by atoms with Gasteiger partial charge in [0, 0.05) is 13.2 Å². The van der Waals surface area contributed by atoms with E-state index in [0.29, 0.717) is 16.1 Å². The number of nitrogens with zero attached hydrogens (tertiary/aromatic N) is 4. The van der Waals surface area contributed by atoms with E-state index < -0.39 is 0 Å². The Balaban J connectivity index is 2.18. The number of aromatic nitrogens is 3. The van der Waals surface area contributed by atoms with Crippen molar-refractivity contribution in [3.05, 3.63) is 35.2 Å². The van der Waals surface area contributed by atoms with Crippen LogP contribution in [0.25, 0.3) is 0 Å². The molecule has 0 aliphatic carbocycles. The molecule has 2 rings (SSSR count). The van der Waals surface area contributed by atoms with Gasteiger partial charge in [0.2, 0.25) is 5.96 Å². The van der Waals surface area contributed by atoms with Gasteiger partial charge in [0.15, 0.2) is 5.82 Å². The van der Waals surface area contributed by atoms with E-state index in [4.69, 9.17) is 5.21 Å². The molecule has 0 spiro atoms. The lowest BCUT2D eigenvalue weighted by Crippen LogP contribution is -2.27. The zero-order valence-electron chi connectivity index (χ0n) is 9.50. The fourth-order valence-electron chi connectivity index (χ4n) is 1.28. The summed E-state index contributed by atoms with van der Waals surface area (Å²) in [5.74, 6) is 0.617. The molecular weight excluding hydrogens is 300 g/mol. The summed E-state index contributed by atoms with van der Waals surface area (Å²) in [5, 5.41) is 15.9. The minimum atomic E-state index is 0.161. The second-order valence-electron chi connectivity index (χ2n) is 3.42. The molecule has 0 aromatic carbocycles. The lowest BCUT2D eigenvalue weighted by molar-refractivity contribution is 0.234. The van der Waals surface area contributed by atoms with Crippen molar-refractivity contribution < 1.29 is 5.21 Å². The largest absolute Gasteiger partial charge is 0.322 e. The Hall–Kier alpha value is -1.93. The highest BCUT2D eigenvalue weighted by atomic mass is 79.9. The van der Waals surface area contributed by atoms with Crippen LogP contribution in [-0.4, -0.2) is 25.9 Å². The summed E-state index contributed by atoms with van der Waals surface area (Å²) >= 11 is 3.25. The van der Waals surface area contributed by atoms with E-state index in [1.54, 1.807) is 42.3 Å². The van der Waals surface area contributed by atoms with E-state index >= 15 is 0 Å². The maximum atomic E-state index is 9.01. The van der Waals surface area contributed by atoms with Gasteiger partial charge >= 0.3 is 0 Å². The van der Waals surface area contributed by atoms with Crippen LogP contribution < -0.4 is 10.8 Å². The van der Waals surface area contributed by atoms with Crippen molar-refractivity contribution >= 4 is 33.4 Å². The topological polar surface area (TPSA) is 87.4 Å². The molecule has 0 atom stereocenters. The molecular formula is C10H11BrN6O. The quantitative estimate of drug-likeness (QED) is 0.340. The van der Waals surface area contributed by atoms with Crippen LogP contribution in [0.15, 0.2) is 40.2 Å². The Morgan fingerprint density at radius 1 is 1.50 bits per heavy atom. The van der Waals surface area contributed by atoms with E-state index in [1.807, 2.05) is 5.48 Å². The number of halogens is 1. The Morgan fingerprint density at radius 2 is 2.33 bits per heavy atom. The monoisotopic (exact) mass is 310 g/mol. The zero-order valence-corrected chi connectivity index (χ0v) is 11.1. The lowest BCUT2D eigenvalue weighted by Gasteiger charge is -2.05. The van der Waals surface area contributed by atoms with Crippen LogP contribution in [0, 0.1) is 0 Å². The highest BCUT2D eigenvalue weighted by Crippen LogP contribution is 2.13. The van der Waals surface area contributed by atoms with Crippen molar-refractivity contribution in [3.63, 3.8) is 0 Å². The normalized spacial score (nSPS) is 11.4. The Bertz CT molecular complexity index is 567. The molecule has 0 saturated heterocycles. The van der Waals surface area contributed by atoms with Gasteiger partial charge in [-0.3, -0.25) is 9.89 Å². The first-order valence-electron chi connectivity index (χ1n) is 5.04. The number of guanidine groups is 1. The maximum Gasteiger partial charge on any atom is 0.226 e. The summed E-state index contributed by atoms with van der Waals surface area (Å²) in [6.07, 6.45) is 3.36. The second-order valence-corrected chi connectivity index (χ2v) is 4.23. The van der Waals surface area contributed by atoms with E-state index in [2.05, 4.69) is 36.3 Å². The molecule has 8 heteroatoms. The van der Waals surface area contributed by atoms with Gasteiger partial charge in [0.1, 0.15) is 4.60 Å². The van der Waals surface area contributed by atoms with Gasteiger partial charge in [-0.1, -0.05) is 6.07 Å². The van der Waals surface area contributed by atoms with Crippen molar-refractivity contribution in [2.45, 2.75) is 0 Å². The van der Waals surface area contributed by atoms with E-state index in [0.717, 1.165) is 0 Å². The van der Waals surface area contributed by atoms with Crippen molar-refractivity contribution in [3.8, 4) is 0 Å². The van der Waals surface area contributed by atoms with Crippen LogP contribution in [0.5, 0.6) is 0 Å². The van der Waals surface area contributed by atoms with E-state index in [9.17, 15) is 0 Å². The van der Waals surface area contributed by atoms with Gasteiger partial charge in [-0.15, -0.1) is 0 Å². The number of nitrogens with one attached hydrogen (secondary N) is 2. The van der Waals surface area contributed by atoms with Crippen LogP contribution in [0.3, 0.4) is 0 Å². The number of aliphatic imine (C=N–C) groups is 1. The van der Waals surface area contributed by atoms with Gasteiger partial charge in [-0.05, 0) is 28.1 Å². The van der Waals surface area contributed by atoms with Crippen molar-refractivity contribution in [1.29, 1.82) is 0 Å². The summed E-state index contributed by atoms with van der Waals surface area (Å²) in [6.45, 7) is 0. The highest BCUT2D eigenvalue weighted by Gasteiger charge is 2.02. The minimum Gasteiger partial charge on any atom is -0.322 e. The molecule has 0 aliphatic rings. The predicted octanol–water partition coefficient (Wildman–Crippen LogP) is 1.66. The SMILES string of the molecule is Cn1cc(NC(=Nc2cccc(Br)n2)NO)cn1. The molecule has 2 heterocycles. The number of hydroxylamine groups is 1. The molecule has 0 bridgehead atoms. The van der Waals surface area contributed by atoms with Crippen LogP contribution in [0.4, 0.5) is 11.5 Å². The van der Waals surface area contributed by atoms with Gasteiger partial charge in [-0.2, -0.15) is 10.1 Å². The lowest BCUT2D eigenvalue weighted by atomic mass is 10.5. The Morgan fingerprint density at radius 3 is 2.94 bits per heavy atom. The van der Waals surface area contributed by atoms with Crippen molar-refractivity contribution in [2.24, 2.45) is 12.0 Å². The molecule has 0 unspecified atom stereocenters. The molecule has 2 aromatic rings. The van der Waals surface area contributed by atoms with Crippen LogP contribution in [0.1, 0.15) is 0 Å². The number of rotatable bonds is 2. The highest BCUT2D eigenvalue weighted by molar-refractivity contribution is 9.10. The number of hydrogen-bond acceptors (Lipinski definition) is 4. The van der Waals surface area contributed by atoms with Gasteiger partial charge < -0.3 is 5.32 Å². The third-order valence-corrected chi connectivity index (χ3v) is 2.44. The minimum absolute atomic E-state index is 0.161. The van der Waals surface area contributed by atoms with Crippen molar-refractivity contribution in [2.75, 3.05) is 5.32 Å². The summed E-state index contributed by atoms with van der Waals surface area (Å²) in [6, 6.07) is 5.31. The zero-order chi connectivity index (χ0) is 13.0. The Labute approximate surface area is 112 Å². The summed E-state index contributed by atoms with van der Waals surface area (Å²) in [5.41, 5.74) is 2.68. The first-order valence-corrected chi connectivity index (χ1v) is 5.83. The molecule has 0 radical (unpaired) electrons. The fourth-order valence-corrected chi connectivity index (χ4v) is 1.61. The second kappa shape index (κ2) is 5.61. The fraction of sp³-hybridized carbons (Fsp3) is 0.100. The van der Waals surface area contributed by atoms with Gasteiger partial charge in [-0.25, -0.2) is 10.5 Å². The molecule has 3 N–H and O–H groups in total.